The fourth-order valence-electron chi connectivity index (χ4n) is 5.61. The summed E-state index contributed by atoms with van der Waals surface area (Å²) in [6, 6.07) is 16.1. The highest BCUT2D eigenvalue weighted by Gasteiger charge is 2.38. The van der Waals surface area contributed by atoms with Crippen molar-refractivity contribution < 1.29 is 14.6 Å². The summed E-state index contributed by atoms with van der Waals surface area (Å²) in [5.74, 6) is 0.648. The van der Waals surface area contributed by atoms with Gasteiger partial charge in [0.2, 0.25) is 0 Å². The number of aromatic nitrogens is 1. The van der Waals surface area contributed by atoms with Crippen LogP contribution in [-0.2, 0) is 16.0 Å². The summed E-state index contributed by atoms with van der Waals surface area (Å²) in [6.45, 7) is 5.95. The Morgan fingerprint density at radius 3 is 2.50 bits per heavy atom. The molecule has 0 amide bonds. The second-order valence-electron chi connectivity index (χ2n) is 10.9. The molecular formula is C32H41N3O4S. The number of carbonyl (C=O) groups is 1. The van der Waals surface area contributed by atoms with Gasteiger partial charge in [0.1, 0.15) is 12.6 Å². The van der Waals surface area contributed by atoms with Crippen molar-refractivity contribution in [2.75, 3.05) is 32.1 Å². The van der Waals surface area contributed by atoms with Crippen molar-refractivity contribution in [2.24, 2.45) is 0 Å². The fourth-order valence-corrected chi connectivity index (χ4v) is 7.02. The molecule has 3 N–H and O–H groups in total. The van der Waals surface area contributed by atoms with E-state index in [1.807, 2.05) is 6.92 Å². The highest BCUT2D eigenvalue weighted by atomic mass is 32.2. The lowest BCUT2D eigenvalue weighted by Crippen LogP contribution is -2.42. The van der Waals surface area contributed by atoms with E-state index in [2.05, 4.69) is 60.0 Å². The van der Waals surface area contributed by atoms with Gasteiger partial charge in [-0.25, -0.2) is 4.79 Å². The minimum absolute atomic E-state index is 0.0373. The zero-order valence-electron chi connectivity index (χ0n) is 23.5. The first-order valence-electron chi connectivity index (χ1n) is 14.7. The highest BCUT2D eigenvalue weighted by Crippen LogP contribution is 2.48. The maximum atomic E-state index is 13.5. The van der Waals surface area contributed by atoms with Crippen molar-refractivity contribution in [3.8, 4) is 0 Å². The van der Waals surface area contributed by atoms with Crippen LogP contribution in [0.5, 0.6) is 0 Å². The maximum absolute atomic E-state index is 13.5. The summed E-state index contributed by atoms with van der Waals surface area (Å²) in [6.07, 6.45) is 4.66. The molecule has 2 heterocycles. The molecule has 3 unspecified atom stereocenters. The Morgan fingerprint density at radius 2 is 1.77 bits per heavy atom. The van der Waals surface area contributed by atoms with Gasteiger partial charge in [0.05, 0.1) is 11.6 Å². The average Bonchev–Trinajstić information content (AvgIpc) is 3.71. The monoisotopic (exact) mass is 563 g/mol. The van der Waals surface area contributed by atoms with Crippen LogP contribution in [-0.4, -0.2) is 59.8 Å². The number of pyridine rings is 1. The Hall–Kier alpha value is -2.65. The summed E-state index contributed by atoms with van der Waals surface area (Å²) in [7, 11) is 0. The lowest BCUT2D eigenvalue weighted by Gasteiger charge is -2.21. The number of carbonyl (C=O) groups excluding carboxylic acids is 1. The summed E-state index contributed by atoms with van der Waals surface area (Å²) in [4.78, 5) is 26.7. The second-order valence-corrected chi connectivity index (χ2v) is 12.0. The fraction of sp³-hybridized carbons (Fsp3) is 0.500. The van der Waals surface area contributed by atoms with Crippen molar-refractivity contribution in [3.05, 3.63) is 75.6 Å². The largest absolute Gasteiger partial charge is 0.462 e. The third-order valence-electron chi connectivity index (χ3n) is 8.16. The molecule has 5 rings (SSSR count). The van der Waals surface area contributed by atoms with Gasteiger partial charge in [-0.2, -0.15) is 0 Å². The molecule has 0 spiro atoms. The summed E-state index contributed by atoms with van der Waals surface area (Å²) in [5.41, 5.74) is 3.44. The zero-order valence-corrected chi connectivity index (χ0v) is 24.3. The van der Waals surface area contributed by atoms with E-state index < -0.39 is 6.04 Å². The quantitative estimate of drug-likeness (QED) is 0.198. The van der Waals surface area contributed by atoms with Crippen molar-refractivity contribution in [1.29, 1.82) is 0 Å². The van der Waals surface area contributed by atoms with Crippen LogP contribution in [0.1, 0.15) is 68.2 Å². The number of nitrogens with zero attached hydrogens (tertiary/aromatic N) is 1. The van der Waals surface area contributed by atoms with E-state index in [-0.39, 0.29) is 36.8 Å². The lowest BCUT2D eigenvalue weighted by atomic mass is 9.95. The molecule has 0 radical (unpaired) electrons. The van der Waals surface area contributed by atoms with Gasteiger partial charge in [0.15, 0.2) is 0 Å². The Balaban J connectivity index is 1.28. The van der Waals surface area contributed by atoms with Crippen LogP contribution >= 0.6 is 11.8 Å². The van der Waals surface area contributed by atoms with E-state index in [0.717, 1.165) is 49.4 Å². The standard InChI is InChI=1S/C32H41N3O4S/c1-3-25(18-36)33-14-15-34-26(4-2)19-39-32(38)28-20-40-31-30(22-12-13-22)24(17-29(37)35(28)31)16-23-10-7-9-21-8-5-6-11-27(21)23/h5-11,17,22,25-26,28,33-34,36H,3-4,12-16,18-20H2,1-2H3. The molecule has 1 aromatic heterocycles. The zero-order chi connectivity index (χ0) is 28.1. The highest BCUT2D eigenvalue weighted by molar-refractivity contribution is 7.99. The number of thioether (sulfide) groups is 1. The first kappa shape index (κ1) is 28.9. The van der Waals surface area contributed by atoms with E-state index in [9.17, 15) is 14.7 Å². The first-order chi connectivity index (χ1) is 19.5. The number of ether oxygens (including phenoxy) is 1. The normalized spacial score (nSPS) is 18.0. The van der Waals surface area contributed by atoms with Crippen molar-refractivity contribution in [2.45, 2.75) is 75.0 Å². The van der Waals surface area contributed by atoms with Crippen LogP contribution in [0.4, 0.5) is 0 Å². The molecule has 1 aliphatic heterocycles. The molecule has 0 bridgehead atoms. The first-order valence-corrected chi connectivity index (χ1v) is 15.6. The maximum Gasteiger partial charge on any atom is 0.330 e. The number of aliphatic hydroxyl groups is 1. The number of esters is 1. The van der Waals surface area contributed by atoms with Crippen LogP contribution < -0.4 is 16.2 Å². The smallest absolute Gasteiger partial charge is 0.330 e. The minimum Gasteiger partial charge on any atom is -0.462 e. The molecule has 3 aromatic rings. The molecular weight excluding hydrogens is 522 g/mol. The molecule has 2 aromatic carbocycles. The molecule has 214 valence electrons. The number of nitrogens with one attached hydrogen (secondary N) is 2. The molecule has 1 fully saturated rings. The van der Waals surface area contributed by atoms with E-state index in [1.165, 1.54) is 21.9 Å². The van der Waals surface area contributed by atoms with E-state index >= 15 is 0 Å². The van der Waals surface area contributed by atoms with Gasteiger partial charge in [0, 0.05) is 37.0 Å². The average molecular weight is 564 g/mol. The van der Waals surface area contributed by atoms with E-state index in [0.29, 0.717) is 18.1 Å². The molecule has 2 aliphatic rings. The number of aliphatic hydroxyl groups excluding tert-OH is 1. The van der Waals surface area contributed by atoms with E-state index in [1.54, 1.807) is 22.4 Å². The van der Waals surface area contributed by atoms with Crippen LogP contribution in [0.2, 0.25) is 0 Å². The minimum atomic E-state index is -0.592. The van der Waals surface area contributed by atoms with Crippen LogP contribution in [0.15, 0.2) is 58.4 Å². The molecule has 1 saturated carbocycles. The molecule has 8 heteroatoms. The van der Waals surface area contributed by atoms with Gasteiger partial charge in [-0.3, -0.25) is 9.36 Å². The van der Waals surface area contributed by atoms with Crippen LogP contribution in [0.3, 0.4) is 0 Å². The van der Waals surface area contributed by atoms with Crippen LogP contribution in [0, 0.1) is 0 Å². The van der Waals surface area contributed by atoms with Gasteiger partial charge in [-0.1, -0.05) is 56.3 Å². The molecule has 40 heavy (non-hydrogen) atoms. The number of hydrogen-bond acceptors (Lipinski definition) is 7. The SMILES string of the molecule is CCC(CO)NCCNC(CC)COC(=O)C1CSc2c(C3CC3)c(Cc3cccc4ccccc34)cc(=O)n21. The Labute approximate surface area is 240 Å². The third-order valence-corrected chi connectivity index (χ3v) is 9.33. The lowest BCUT2D eigenvalue weighted by molar-refractivity contribution is -0.147. The van der Waals surface area contributed by atoms with Gasteiger partial charge >= 0.3 is 5.97 Å². The van der Waals surface area contributed by atoms with Crippen LogP contribution in [0.25, 0.3) is 10.8 Å². The molecule has 0 saturated heterocycles. The Bertz CT molecular complexity index is 1380. The topological polar surface area (TPSA) is 92.6 Å². The van der Waals surface area contributed by atoms with Gasteiger partial charge in [-0.05, 0) is 65.5 Å². The van der Waals surface area contributed by atoms with Crippen molar-refractivity contribution in [1.82, 2.24) is 15.2 Å². The number of benzene rings is 2. The second kappa shape index (κ2) is 13.3. The summed E-state index contributed by atoms with van der Waals surface area (Å²) in [5, 5.41) is 19.4. The number of hydrogen-bond donors (Lipinski definition) is 3. The molecule has 3 atom stereocenters. The predicted molar refractivity (Wildman–Crippen MR) is 161 cm³/mol. The Kier molecular flexibility index (Phi) is 9.63. The van der Waals surface area contributed by atoms with Gasteiger partial charge < -0.3 is 20.5 Å². The van der Waals surface area contributed by atoms with Crippen molar-refractivity contribution in [3.63, 3.8) is 0 Å². The predicted octanol–water partition coefficient (Wildman–Crippen LogP) is 4.39. The molecule has 1 aliphatic carbocycles. The van der Waals surface area contributed by atoms with Gasteiger partial charge in [0.25, 0.3) is 5.56 Å². The number of fused-ring (bicyclic) bond motifs is 2. The summed E-state index contributed by atoms with van der Waals surface area (Å²) >= 11 is 1.62. The van der Waals surface area contributed by atoms with Gasteiger partial charge in [-0.15, -0.1) is 11.8 Å². The van der Waals surface area contributed by atoms with Crippen molar-refractivity contribution >= 4 is 28.5 Å². The third kappa shape index (κ3) is 6.46. The summed E-state index contributed by atoms with van der Waals surface area (Å²) < 4.78 is 7.47. The Morgan fingerprint density at radius 1 is 1.05 bits per heavy atom. The van der Waals surface area contributed by atoms with E-state index in [4.69, 9.17) is 4.74 Å². The number of rotatable bonds is 14. The molecule has 7 nitrogen and oxygen atoms in total.